The predicted octanol–water partition coefficient (Wildman–Crippen LogP) is 4.79. The SMILES string of the molecule is CCN/C(=C\C(=S)c1ccccc1)SCc1ccccc1. The summed E-state index contributed by atoms with van der Waals surface area (Å²) in [6, 6.07) is 20.6. The summed E-state index contributed by atoms with van der Waals surface area (Å²) < 4.78 is 0. The van der Waals surface area contributed by atoms with Crippen LogP contribution >= 0.6 is 24.0 Å². The Morgan fingerprint density at radius 2 is 1.67 bits per heavy atom. The third-order valence-corrected chi connectivity index (χ3v) is 4.31. The summed E-state index contributed by atoms with van der Waals surface area (Å²) in [5.74, 6) is 0.942. The molecular formula is C18H19NS2. The van der Waals surface area contributed by atoms with Gasteiger partial charge in [-0.3, -0.25) is 0 Å². The van der Waals surface area contributed by atoms with Gasteiger partial charge >= 0.3 is 0 Å². The Labute approximate surface area is 136 Å². The highest BCUT2D eigenvalue weighted by molar-refractivity contribution is 8.02. The maximum absolute atomic E-state index is 5.51. The molecule has 0 aliphatic rings. The van der Waals surface area contributed by atoms with Crippen LogP contribution in [-0.4, -0.2) is 11.4 Å². The first-order valence-corrected chi connectivity index (χ1v) is 8.40. The maximum atomic E-state index is 5.51. The Morgan fingerprint density at radius 3 is 2.29 bits per heavy atom. The second-order valence-electron chi connectivity index (χ2n) is 4.54. The Hall–Kier alpha value is -1.58. The van der Waals surface area contributed by atoms with Crippen LogP contribution in [0.25, 0.3) is 0 Å². The summed E-state index contributed by atoms with van der Waals surface area (Å²) in [6.45, 7) is 2.99. The molecule has 0 saturated carbocycles. The molecule has 0 aliphatic carbocycles. The molecule has 2 rings (SSSR count). The zero-order chi connectivity index (χ0) is 14.9. The van der Waals surface area contributed by atoms with Crippen molar-refractivity contribution in [2.24, 2.45) is 0 Å². The summed E-state index contributed by atoms with van der Waals surface area (Å²) in [4.78, 5) is 0.868. The highest BCUT2D eigenvalue weighted by atomic mass is 32.2. The van der Waals surface area contributed by atoms with Gasteiger partial charge in [0.2, 0.25) is 0 Å². The second kappa shape index (κ2) is 8.65. The molecule has 0 saturated heterocycles. The Bertz CT molecular complexity index is 591. The van der Waals surface area contributed by atoms with Gasteiger partial charge in [0, 0.05) is 17.2 Å². The van der Waals surface area contributed by atoms with E-state index in [1.54, 1.807) is 11.8 Å². The lowest BCUT2D eigenvalue weighted by Crippen LogP contribution is -2.11. The number of allylic oxidation sites excluding steroid dienone is 1. The minimum absolute atomic E-state index is 0.868. The zero-order valence-corrected chi connectivity index (χ0v) is 13.7. The van der Waals surface area contributed by atoms with Crippen molar-refractivity contribution in [2.45, 2.75) is 12.7 Å². The monoisotopic (exact) mass is 313 g/mol. The molecule has 0 aliphatic heterocycles. The van der Waals surface area contributed by atoms with Gasteiger partial charge in [-0.15, -0.1) is 11.8 Å². The summed E-state index contributed by atoms with van der Waals surface area (Å²) in [5.41, 5.74) is 2.40. The van der Waals surface area contributed by atoms with E-state index in [1.807, 2.05) is 36.4 Å². The van der Waals surface area contributed by atoms with Crippen molar-refractivity contribution in [1.29, 1.82) is 0 Å². The molecule has 0 atom stereocenters. The second-order valence-corrected chi connectivity index (χ2v) is 6.00. The van der Waals surface area contributed by atoms with Crippen molar-refractivity contribution in [3.8, 4) is 0 Å². The van der Waals surface area contributed by atoms with Crippen molar-refractivity contribution in [3.63, 3.8) is 0 Å². The van der Waals surface area contributed by atoms with Gasteiger partial charge in [0.1, 0.15) is 0 Å². The van der Waals surface area contributed by atoms with Crippen LogP contribution in [0, 0.1) is 0 Å². The summed E-state index contributed by atoms with van der Waals surface area (Å²) in [5, 5.41) is 4.51. The zero-order valence-electron chi connectivity index (χ0n) is 12.1. The van der Waals surface area contributed by atoms with Gasteiger partial charge in [-0.1, -0.05) is 72.9 Å². The normalized spacial score (nSPS) is 11.2. The Kier molecular flexibility index (Phi) is 6.51. The summed E-state index contributed by atoms with van der Waals surface area (Å²) in [7, 11) is 0. The van der Waals surface area contributed by atoms with Crippen LogP contribution in [0.1, 0.15) is 18.1 Å². The fraction of sp³-hybridized carbons (Fsp3) is 0.167. The number of rotatable bonds is 7. The van der Waals surface area contributed by atoms with Crippen LogP contribution in [0.4, 0.5) is 0 Å². The van der Waals surface area contributed by atoms with E-state index in [-0.39, 0.29) is 0 Å². The lowest BCUT2D eigenvalue weighted by molar-refractivity contribution is 0.905. The lowest BCUT2D eigenvalue weighted by atomic mass is 10.1. The van der Waals surface area contributed by atoms with Crippen LogP contribution in [-0.2, 0) is 5.75 Å². The molecule has 1 nitrogen and oxygen atoms in total. The van der Waals surface area contributed by atoms with E-state index < -0.39 is 0 Å². The quantitative estimate of drug-likeness (QED) is 0.448. The van der Waals surface area contributed by atoms with Crippen molar-refractivity contribution in [2.75, 3.05) is 6.54 Å². The molecule has 0 spiro atoms. The third kappa shape index (κ3) is 5.37. The van der Waals surface area contributed by atoms with Crippen molar-refractivity contribution >= 4 is 28.8 Å². The fourth-order valence-corrected chi connectivity index (χ4v) is 3.15. The van der Waals surface area contributed by atoms with Crippen LogP contribution in [0.15, 0.2) is 71.8 Å². The molecule has 108 valence electrons. The molecule has 0 fully saturated rings. The number of thiocarbonyl (C=S) groups is 1. The molecule has 0 unspecified atom stereocenters. The van der Waals surface area contributed by atoms with Crippen molar-refractivity contribution in [1.82, 2.24) is 5.32 Å². The van der Waals surface area contributed by atoms with Crippen LogP contribution in [0.2, 0.25) is 0 Å². The van der Waals surface area contributed by atoms with Gasteiger partial charge in [-0.25, -0.2) is 0 Å². The summed E-state index contributed by atoms with van der Waals surface area (Å²) in [6.07, 6.45) is 2.06. The van der Waals surface area contributed by atoms with Crippen LogP contribution in [0.5, 0.6) is 0 Å². The van der Waals surface area contributed by atoms with Gasteiger partial charge in [0.15, 0.2) is 0 Å². The Balaban J connectivity index is 2.04. The van der Waals surface area contributed by atoms with E-state index in [0.29, 0.717) is 0 Å². The number of benzene rings is 2. The maximum Gasteiger partial charge on any atom is 0.0699 e. The molecule has 0 heterocycles. The molecule has 0 aromatic heterocycles. The largest absolute Gasteiger partial charge is 0.380 e. The van der Waals surface area contributed by atoms with Gasteiger partial charge in [-0.2, -0.15) is 0 Å². The average Bonchev–Trinajstić information content (AvgIpc) is 2.54. The third-order valence-electron chi connectivity index (χ3n) is 2.91. The molecule has 3 heteroatoms. The first-order chi connectivity index (χ1) is 10.3. The molecular weight excluding hydrogens is 294 g/mol. The van der Waals surface area contributed by atoms with Crippen LogP contribution in [0.3, 0.4) is 0 Å². The average molecular weight is 313 g/mol. The highest BCUT2D eigenvalue weighted by Crippen LogP contribution is 2.20. The topological polar surface area (TPSA) is 12.0 Å². The van der Waals surface area contributed by atoms with Gasteiger partial charge in [0.25, 0.3) is 0 Å². The van der Waals surface area contributed by atoms with Crippen LogP contribution < -0.4 is 5.32 Å². The highest BCUT2D eigenvalue weighted by Gasteiger charge is 2.02. The first kappa shape index (κ1) is 15.8. The number of hydrogen-bond donors (Lipinski definition) is 1. The molecule has 21 heavy (non-hydrogen) atoms. The standard InChI is InChI=1S/C18H19NS2/c1-2-19-18(21-14-15-9-5-3-6-10-15)13-17(20)16-11-7-4-8-12-16/h3-13,19H,2,14H2,1H3/b18-13+. The van der Waals surface area contributed by atoms with Gasteiger partial charge < -0.3 is 5.32 Å². The van der Waals surface area contributed by atoms with E-state index in [0.717, 1.165) is 27.8 Å². The lowest BCUT2D eigenvalue weighted by Gasteiger charge is -2.09. The van der Waals surface area contributed by atoms with Gasteiger partial charge in [0.05, 0.1) is 5.03 Å². The van der Waals surface area contributed by atoms with Gasteiger partial charge in [-0.05, 0) is 24.1 Å². The predicted molar refractivity (Wildman–Crippen MR) is 97.6 cm³/mol. The molecule has 0 radical (unpaired) electrons. The Morgan fingerprint density at radius 1 is 1.05 bits per heavy atom. The minimum atomic E-state index is 0.868. The van der Waals surface area contributed by atoms with E-state index >= 15 is 0 Å². The smallest absolute Gasteiger partial charge is 0.0699 e. The van der Waals surface area contributed by atoms with Crippen molar-refractivity contribution < 1.29 is 0 Å². The summed E-state index contributed by atoms with van der Waals surface area (Å²) >= 11 is 7.30. The number of thioether (sulfide) groups is 1. The van der Waals surface area contributed by atoms with E-state index in [1.165, 1.54) is 5.56 Å². The van der Waals surface area contributed by atoms with E-state index in [9.17, 15) is 0 Å². The number of hydrogen-bond acceptors (Lipinski definition) is 3. The minimum Gasteiger partial charge on any atom is -0.380 e. The molecule has 0 bridgehead atoms. The van der Waals surface area contributed by atoms with Crippen molar-refractivity contribution in [3.05, 3.63) is 82.9 Å². The molecule has 1 N–H and O–H groups in total. The first-order valence-electron chi connectivity index (χ1n) is 7.01. The van der Waals surface area contributed by atoms with E-state index in [2.05, 4.69) is 42.6 Å². The fourth-order valence-electron chi connectivity index (χ4n) is 1.86. The molecule has 2 aromatic carbocycles. The number of nitrogens with one attached hydrogen (secondary N) is 1. The molecule has 0 amide bonds. The van der Waals surface area contributed by atoms with E-state index in [4.69, 9.17) is 12.2 Å². The molecule has 2 aromatic rings.